The number of hydrogen-bond donors (Lipinski definition) is 2. The third kappa shape index (κ3) is 2.48. The minimum absolute atomic E-state index is 0.0511. The summed E-state index contributed by atoms with van der Waals surface area (Å²) in [4.78, 5) is 14.3. The molecular formula is C15H19F2N3O. The van der Waals surface area contributed by atoms with Crippen LogP contribution in [0.2, 0.25) is 0 Å². The summed E-state index contributed by atoms with van der Waals surface area (Å²) >= 11 is 0. The fourth-order valence-electron chi connectivity index (χ4n) is 3.66. The van der Waals surface area contributed by atoms with Crippen molar-refractivity contribution in [1.82, 2.24) is 4.90 Å². The molecule has 3 rings (SSSR count). The van der Waals surface area contributed by atoms with Crippen LogP contribution >= 0.6 is 0 Å². The number of hydrogen-bond acceptors (Lipinski definition) is 3. The second-order valence-electron chi connectivity index (χ2n) is 5.86. The van der Waals surface area contributed by atoms with Crippen molar-refractivity contribution in [2.45, 2.75) is 38.1 Å². The van der Waals surface area contributed by atoms with Gasteiger partial charge in [0.05, 0.1) is 0 Å². The molecule has 1 aromatic carbocycles. The molecule has 1 aromatic rings. The van der Waals surface area contributed by atoms with Gasteiger partial charge in [0.2, 0.25) is 0 Å². The Morgan fingerprint density at radius 2 is 1.86 bits per heavy atom. The lowest BCUT2D eigenvalue weighted by Gasteiger charge is -2.31. The number of fused-ring (bicyclic) bond motifs is 1. The van der Waals surface area contributed by atoms with Crippen molar-refractivity contribution in [3.63, 3.8) is 0 Å². The Balaban J connectivity index is 1.85. The van der Waals surface area contributed by atoms with Crippen molar-refractivity contribution in [1.29, 1.82) is 0 Å². The molecule has 2 aliphatic rings. The minimum atomic E-state index is -0.847. The number of nitrogens with one attached hydrogen (secondary N) is 1. The molecule has 114 valence electrons. The van der Waals surface area contributed by atoms with Gasteiger partial charge in [-0.1, -0.05) is 12.8 Å². The molecule has 6 heteroatoms. The van der Waals surface area contributed by atoms with Gasteiger partial charge >= 0.3 is 0 Å². The number of carbonyl (C=O) groups excluding carboxylic acids is 1. The maximum Gasteiger partial charge on any atom is 0.254 e. The summed E-state index contributed by atoms with van der Waals surface area (Å²) in [5, 5.41) is 0. The van der Waals surface area contributed by atoms with Crippen molar-refractivity contribution in [2.24, 2.45) is 11.8 Å². The summed E-state index contributed by atoms with van der Waals surface area (Å²) in [6.45, 7) is 0.675. The van der Waals surface area contributed by atoms with Gasteiger partial charge in [0.25, 0.3) is 5.91 Å². The van der Waals surface area contributed by atoms with Gasteiger partial charge < -0.3 is 10.3 Å². The largest absolute Gasteiger partial charge is 0.335 e. The molecule has 1 aliphatic heterocycles. The van der Waals surface area contributed by atoms with Crippen LogP contribution in [-0.2, 0) is 0 Å². The number of nitrogens with zero attached hydrogens (tertiary/aromatic N) is 1. The Labute approximate surface area is 122 Å². The number of likely N-dealkylation sites (tertiary alicyclic amines) is 1. The zero-order valence-electron chi connectivity index (χ0n) is 11.7. The molecule has 1 saturated carbocycles. The van der Waals surface area contributed by atoms with Gasteiger partial charge in [0, 0.05) is 18.2 Å². The smallest absolute Gasteiger partial charge is 0.254 e. The van der Waals surface area contributed by atoms with Crippen LogP contribution in [0.3, 0.4) is 0 Å². The normalized spacial score (nSPS) is 24.8. The van der Waals surface area contributed by atoms with E-state index in [0.717, 1.165) is 37.8 Å². The monoisotopic (exact) mass is 295 g/mol. The van der Waals surface area contributed by atoms with Crippen LogP contribution in [-0.4, -0.2) is 23.4 Å². The van der Waals surface area contributed by atoms with Crippen LogP contribution in [0, 0.1) is 17.6 Å². The summed E-state index contributed by atoms with van der Waals surface area (Å²) in [5.74, 6) is 3.63. The van der Waals surface area contributed by atoms with Gasteiger partial charge in [-0.25, -0.2) is 8.78 Å². The van der Waals surface area contributed by atoms with Crippen LogP contribution in [0.25, 0.3) is 0 Å². The lowest BCUT2D eigenvalue weighted by molar-refractivity contribution is 0.0689. The van der Waals surface area contributed by atoms with Crippen molar-refractivity contribution < 1.29 is 13.6 Å². The van der Waals surface area contributed by atoms with Crippen molar-refractivity contribution in [2.75, 3.05) is 12.0 Å². The lowest BCUT2D eigenvalue weighted by Crippen LogP contribution is -2.39. The number of nitrogen functional groups attached to an aromatic ring is 1. The molecule has 2 unspecified atom stereocenters. The number of hydrazine groups is 1. The van der Waals surface area contributed by atoms with E-state index < -0.39 is 17.3 Å². The summed E-state index contributed by atoms with van der Waals surface area (Å²) in [6, 6.07) is 2.33. The molecule has 0 aromatic heterocycles. The first kappa shape index (κ1) is 14.3. The third-order valence-electron chi connectivity index (χ3n) is 4.70. The first-order valence-electron chi connectivity index (χ1n) is 7.38. The van der Waals surface area contributed by atoms with Crippen LogP contribution < -0.4 is 11.3 Å². The molecular weight excluding hydrogens is 276 g/mol. The summed E-state index contributed by atoms with van der Waals surface area (Å²) in [7, 11) is 0. The van der Waals surface area contributed by atoms with E-state index in [4.69, 9.17) is 5.84 Å². The first-order chi connectivity index (χ1) is 10.1. The topological polar surface area (TPSA) is 58.4 Å². The molecule has 1 heterocycles. The van der Waals surface area contributed by atoms with Gasteiger partial charge in [-0.15, -0.1) is 0 Å². The highest BCUT2D eigenvalue weighted by Gasteiger charge is 2.38. The molecule has 0 radical (unpaired) electrons. The van der Waals surface area contributed by atoms with Crippen molar-refractivity contribution >= 4 is 11.6 Å². The van der Waals surface area contributed by atoms with Gasteiger partial charge in [0.15, 0.2) is 11.6 Å². The molecule has 1 aliphatic carbocycles. The van der Waals surface area contributed by atoms with Crippen molar-refractivity contribution in [3.05, 3.63) is 29.3 Å². The lowest BCUT2D eigenvalue weighted by atomic mass is 9.85. The third-order valence-corrected chi connectivity index (χ3v) is 4.70. The second-order valence-corrected chi connectivity index (χ2v) is 5.86. The number of amides is 1. The predicted molar refractivity (Wildman–Crippen MR) is 75.6 cm³/mol. The fraction of sp³-hybridized carbons (Fsp3) is 0.533. The van der Waals surface area contributed by atoms with Gasteiger partial charge in [-0.3, -0.25) is 10.6 Å². The predicted octanol–water partition coefficient (Wildman–Crippen LogP) is 2.66. The van der Waals surface area contributed by atoms with E-state index >= 15 is 0 Å². The summed E-state index contributed by atoms with van der Waals surface area (Å²) in [6.07, 6.45) is 5.45. The van der Waals surface area contributed by atoms with Crippen molar-refractivity contribution in [3.8, 4) is 0 Å². The Morgan fingerprint density at radius 3 is 2.52 bits per heavy atom. The van der Waals surface area contributed by atoms with Crippen LogP contribution in [0.5, 0.6) is 0 Å². The molecule has 4 nitrogen and oxygen atoms in total. The average Bonchev–Trinajstić information content (AvgIpc) is 2.90. The summed E-state index contributed by atoms with van der Waals surface area (Å²) in [5.41, 5.74) is 1.61. The summed E-state index contributed by atoms with van der Waals surface area (Å²) < 4.78 is 27.5. The Morgan fingerprint density at radius 1 is 1.19 bits per heavy atom. The molecule has 1 saturated heterocycles. The zero-order valence-corrected chi connectivity index (χ0v) is 11.7. The molecule has 2 atom stereocenters. The molecule has 3 N–H and O–H groups in total. The molecule has 21 heavy (non-hydrogen) atoms. The Hall–Kier alpha value is -1.69. The highest BCUT2D eigenvalue weighted by Crippen LogP contribution is 2.37. The number of nitrogens with two attached hydrogens (primary N) is 1. The molecule has 0 spiro atoms. The number of carbonyl (C=O) groups is 1. The minimum Gasteiger partial charge on any atom is -0.335 e. The Kier molecular flexibility index (Phi) is 3.80. The standard InChI is InChI=1S/C15H19F2N3O/c16-11-7-10(8-12(17)14(11)19-18)15(21)20-6-5-9-3-1-2-4-13(9)20/h7-9,13,19H,1-6,18H2. The molecule has 0 bridgehead atoms. The van der Waals surface area contributed by atoms with Gasteiger partial charge in [0.1, 0.15) is 5.69 Å². The molecule has 1 amide bonds. The second kappa shape index (κ2) is 5.60. The van der Waals surface area contributed by atoms with E-state index in [-0.39, 0.29) is 17.5 Å². The quantitative estimate of drug-likeness (QED) is 0.651. The van der Waals surface area contributed by atoms with Gasteiger partial charge in [-0.05, 0) is 37.3 Å². The highest BCUT2D eigenvalue weighted by atomic mass is 19.1. The van der Waals surface area contributed by atoms with E-state index in [1.165, 1.54) is 6.42 Å². The van der Waals surface area contributed by atoms with E-state index in [2.05, 4.69) is 0 Å². The maximum absolute atomic E-state index is 13.7. The number of halogens is 2. The van der Waals surface area contributed by atoms with E-state index in [1.54, 1.807) is 4.90 Å². The maximum atomic E-state index is 13.7. The van der Waals surface area contributed by atoms with E-state index in [0.29, 0.717) is 12.5 Å². The highest BCUT2D eigenvalue weighted by molar-refractivity contribution is 5.95. The van der Waals surface area contributed by atoms with E-state index in [1.807, 2.05) is 5.43 Å². The number of benzene rings is 1. The zero-order chi connectivity index (χ0) is 15.0. The fourth-order valence-corrected chi connectivity index (χ4v) is 3.66. The molecule has 2 fully saturated rings. The van der Waals surface area contributed by atoms with E-state index in [9.17, 15) is 13.6 Å². The average molecular weight is 295 g/mol. The van der Waals surface area contributed by atoms with Crippen LogP contribution in [0.4, 0.5) is 14.5 Å². The first-order valence-corrected chi connectivity index (χ1v) is 7.38. The van der Waals surface area contributed by atoms with Crippen LogP contribution in [0.1, 0.15) is 42.5 Å². The number of rotatable bonds is 2. The Bertz CT molecular complexity index is 541. The van der Waals surface area contributed by atoms with Crippen LogP contribution in [0.15, 0.2) is 12.1 Å². The SMILES string of the molecule is NNc1c(F)cc(C(=O)N2CCC3CCCCC32)cc1F. The number of anilines is 1. The van der Waals surface area contributed by atoms with Gasteiger partial charge in [-0.2, -0.15) is 0 Å².